The first-order chi connectivity index (χ1) is 15.6. The van der Waals surface area contributed by atoms with Crippen molar-refractivity contribution in [3.63, 3.8) is 0 Å². The van der Waals surface area contributed by atoms with Crippen molar-refractivity contribution in [3.05, 3.63) is 78.4 Å². The summed E-state index contributed by atoms with van der Waals surface area (Å²) in [4.78, 5) is 39.4. The van der Waals surface area contributed by atoms with Crippen molar-refractivity contribution in [2.24, 2.45) is 0 Å². The zero-order chi connectivity index (χ0) is 24.0. The molecule has 0 spiro atoms. The van der Waals surface area contributed by atoms with Gasteiger partial charge < -0.3 is 20.3 Å². The predicted octanol–water partition coefficient (Wildman–Crippen LogP) is 4.50. The molecule has 1 unspecified atom stereocenters. The smallest absolute Gasteiger partial charge is 0.408 e. The summed E-state index contributed by atoms with van der Waals surface area (Å²) in [6.07, 6.45) is -0.693. The normalized spacial score (nSPS) is 12.0. The molecule has 0 saturated carbocycles. The van der Waals surface area contributed by atoms with Crippen molar-refractivity contribution >= 4 is 34.4 Å². The van der Waals surface area contributed by atoms with Gasteiger partial charge in [-0.1, -0.05) is 60.7 Å². The fourth-order valence-electron chi connectivity index (χ4n) is 3.39. The number of alkyl carbamates (subject to hydrolysis) is 1. The molecule has 3 rings (SSSR count). The van der Waals surface area contributed by atoms with Gasteiger partial charge in [0, 0.05) is 12.7 Å². The van der Waals surface area contributed by atoms with Gasteiger partial charge in [0.15, 0.2) is 0 Å². The molecule has 1 atom stereocenters. The maximum Gasteiger partial charge on any atom is 0.408 e. The van der Waals surface area contributed by atoms with Crippen LogP contribution in [0, 0.1) is 0 Å². The average Bonchev–Trinajstić information content (AvgIpc) is 2.77. The Morgan fingerprint density at radius 3 is 2.21 bits per heavy atom. The fourth-order valence-corrected chi connectivity index (χ4v) is 3.39. The largest absolute Gasteiger partial charge is 0.444 e. The molecule has 7 nitrogen and oxygen atoms in total. The third-order valence-corrected chi connectivity index (χ3v) is 4.94. The van der Waals surface area contributed by atoms with Gasteiger partial charge in [0.05, 0.1) is 0 Å². The van der Waals surface area contributed by atoms with Crippen molar-refractivity contribution in [2.45, 2.75) is 32.4 Å². The van der Waals surface area contributed by atoms with E-state index in [0.717, 1.165) is 10.8 Å². The minimum atomic E-state index is -0.884. The quantitative estimate of drug-likeness (QED) is 0.582. The maximum absolute atomic E-state index is 13.3. The van der Waals surface area contributed by atoms with Crippen molar-refractivity contribution in [2.75, 3.05) is 18.9 Å². The van der Waals surface area contributed by atoms with Crippen LogP contribution in [0.3, 0.4) is 0 Å². The van der Waals surface area contributed by atoms with E-state index < -0.39 is 23.6 Å². The molecular weight excluding hydrogens is 418 g/mol. The molecule has 3 aromatic carbocycles. The number of anilines is 1. The van der Waals surface area contributed by atoms with Crippen LogP contribution in [0.25, 0.3) is 10.8 Å². The molecule has 2 N–H and O–H groups in total. The van der Waals surface area contributed by atoms with Gasteiger partial charge in [0.1, 0.15) is 18.2 Å². The Hall–Kier alpha value is -3.87. The molecule has 0 aromatic heterocycles. The molecule has 172 valence electrons. The Labute approximate surface area is 193 Å². The average molecular weight is 448 g/mol. The highest BCUT2D eigenvalue weighted by molar-refractivity contribution is 5.99. The third kappa shape index (κ3) is 6.55. The molecule has 3 aromatic rings. The van der Waals surface area contributed by atoms with E-state index in [9.17, 15) is 14.4 Å². The van der Waals surface area contributed by atoms with E-state index in [4.69, 9.17) is 4.74 Å². The maximum atomic E-state index is 13.3. The highest BCUT2D eigenvalue weighted by atomic mass is 16.6. The number of likely N-dealkylation sites (N-methyl/N-ethyl adjacent to an activating group) is 1. The van der Waals surface area contributed by atoms with Gasteiger partial charge >= 0.3 is 6.09 Å². The van der Waals surface area contributed by atoms with Gasteiger partial charge in [-0.05, 0) is 49.2 Å². The number of nitrogens with one attached hydrogen (secondary N) is 2. The van der Waals surface area contributed by atoms with Crippen molar-refractivity contribution < 1.29 is 19.1 Å². The van der Waals surface area contributed by atoms with E-state index in [1.165, 1.54) is 11.9 Å². The van der Waals surface area contributed by atoms with Crippen LogP contribution >= 0.6 is 0 Å². The molecule has 0 aliphatic carbocycles. The number of fused-ring (bicyclic) bond motifs is 1. The first-order valence-corrected chi connectivity index (χ1v) is 10.7. The number of amides is 3. The number of ether oxygens (including phenoxy) is 1. The summed E-state index contributed by atoms with van der Waals surface area (Å²) >= 11 is 0. The molecule has 3 amide bonds. The van der Waals surface area contributed by atoms with E-state index in [-0.39, 0.29) is 12.5 Å². The van der Waals surface area contributed by atoms with Crippen molar-refractivity contribution in [1.82, 2.24) is 10.2 Å². The first-order valence-electron chi connectivity index (χ1n) is 10.7. The molecule has 0 radical (unpaired) electrons. The van der Waals surface area contributed by atoms with E-state index >= 15 is 0 Å². The lowest BCUT2D eigenvalue weighted by molar-refractivity contribution is -0.136. The van der Waals surface area contributed by atoms with Gasteiger partial charge in [-0.15, -0.1) is 0 Å². The second-order valence-corrected chi connectivity index (χ2v) is 8.72. The van der Waals surface area contributed by atoms with Crippen LogP contribution in [-0.4, -0.2) is 42.0 Å². The number of benzene rings is 3. The van der Waals surface area contributed by atoms with E-state index in [1.54, 1.807) is 32.9 Å². The summed E-state index contributed by atoms with van der Waals surface area (Å²) in [7, 11) is 1.54. The lowest BCUT2D eigenvalue weighted by Crippen LogP contribution is -2.44. The van der Waals surface area contributed by atoms with Gasteiger partial charge in [0.25, 0.3) is 5.91 Å². The van der Waals surface area contributed by atoms with E-state index in [1.807, 2.05) is 60.7 Å². The van der Waals surface area contributed by atoms with Crippen molar-refractivity contribution in [3.8, 4) is 0 Å². The second-order valence-electron chi connectivity index (χ2n) is 8.72. The molecule has 0 aliphatic heterocycles. The summed E-state index contributed by atoms with van der Waals surface area (Å²) in [6.45, 7) is 4.92. The Morgan fingerprint density at radius 2 is 1.55 bits per heavy atom. The van der Waals surface area contributed by atoms with Crippen LogP contribution in [-0.2, 0) is 14.3 Å². The number of carbonyl (C=O) groups excluding carboxylic acids is 3. The lowest BCUT2D eigenvalue weighted by atomic mass is 10.0. The van der Waals surface area contributed by atoms with Crippen LogP contribution in [0.5, 0.6) is 0 Å². The molecule has 0 bridgehead atoms. The topological polar surface area (TPSA) is 87.7 Å². The number of hydrogen-bond donors (Lipinski definition) is 2. The summed E-state index contributed by atoms with van der Waals surface area (Å²) in [6, 6.07) is 21.7. The predicted molar refractivity (Wildman–Crippen MR) is 129 cm³/mol. The Balaban J connectivity index is 1.76. The van der Waals surface area contributed by atoms with Gasteiger partial charge in [0.2, 0.25) is 5.91 Å². The molecule has 0 fully saturated rings. The minimum Gasteiger partial charge on any atom is -0.444 e. The summed E-state index contributed by atoms with van der Waals surface area (Å²) in [5, 5.41) is 7.43. The van der Waals surface area contributed by atoms with E-state index in [2.05, 4.69) is 10.6 Å². The minimum absolute atomic E-state index is 0.294. The van der Waals surface area contributed by atoms with Gasteiger partial charge in [-0.3, -0.25) is 9.59 Å². The van der Waals surface area contributed by atoms with Crippen LogP contribution in [0.15, 0.2) is 72.8 Å². The number of carbonyl (C=O) groups is 3. The fraction of sp³-hybridized carbons (Fsp3) is 0.269. The van der Waals surface area contributed by atoms with Crippen molar-refractivity contribution in [1.29, 1.82) is 0 Å². The third-order valence-electron chi connectivity index (χ3n) is 4.94. The molecule has 0 saturated heterocycles. The van der Waals surface area contributed by atoms with Crippen LogP contribution < -0.4 is 10.6 Å². The molecular formula is C26H29N3O4. The first kappa shape index (κ1) is 23.8. The SMILES string of the molecule is CN(C(=O)CNC(=O)OC(C)(C)C)C(C(=O)Nc1ccc2ccccc2c1)c1ccccc1. The van der Waals surface area contributed by atoms with Gasteiger partial charge in [-0.25, -0.2) is 4.79 Å². The second kappa shape index (κ2) is 10.2. The molecule has 7 heteroatoms. The highest BCUT2D eigenvalue weighted by Gasteiger charge is 2.29. The summed E-state index contributed by atoms with van der Waals surface area (Å²) in [5.74, 6) is -0.784. The zero-order valence-electron chi connectivity index (χ0n) is 19.3. The molecule has 0 aliphatic rings. The highest BCUT2D eigenvalue weighted by Crippen LogP contribution is 2.24. The summed E-state index contributed by atoms with van der Waals surface area (Å²) < 4.78 is 5.17. The Kier molecular flexibility index (Phi) is 7.33. The van der Waals surface area contributed by atoms with E-state index in [0.29, 0.717) is 11.3 Å². The van der Waals surface area contributed by atoms with Crippen LogP contribution in [0.2, 0.25) is 0 Å². The lowest BCUT2D eigenvalue weighted by Gasteiger charge is -2.28. The Morgan fingerprint density at radius 1 is 0.909 bits per heavy atom. The number of rotatable bonds is 6. The standard InChI is InChI=1S/C26H29N3O4/c1-26(2,3)33-25(32)27-17-22(30)29(4)23(19-11-6-5-7-12-19)24(31)28-21-15-14-18-10-8-9-13-20(18)16-21/h5-16,23H,17H2,1-4H3,(H,27,32)(H,28,31). The molecule has 0 heterocycles. The summed E-state index contributed by atoms with van der Waals surface area (Å²) in [5.41, 5.74) is 0.613. The Bertz CT molecular complexity index is 1140. The monoisotopic (exact) mass is 447 g/mol. The number of nitrogens with zero attached hydrogens (tertiary/aromatic N) is 1. The molecule has 33 heavy (non-hydrogen) atoms. The van der Waals surface area contributed by atoms with Gasteiger partial charge in [-0.2, -0.15) is 0 Å². The zero-order valence-corrected chi connectivity index (χ0v) is 19.3. The van der Waals surface area contributed by atoms with Crippen LogP contribution in [0.4, 0.5) is 10.5 Å². The number of hydrogen-bond acceptors (Lipinski definition) is 4. The van der Waals surface area contributed by atoms with Crippen LogP contribution in [0.1, 0.15) is 32.4 Å².